The third-order valence-corrected chi connectivity index (χ3v) is 5.25. The number of rotatable bonds is 4. The van der Waals surface area contributed by atoms with Crippen LogP contribution >= 0.6 is 0 Å². The third kappa shape index (κ3) is 3.43. The van der Waals surface area contributed by atoms with Crippen LogP contribution in [0.2, 0.25) is 0 Å². The Bertz CT molecular complexity index is 1300. The molecule has 0 radical (unpaired) electrons. The fraction of sp³-hybridized carbons (Fsp3) is 0.0500. The van der Waals surface area contributed by atoms with Gasteiger partial charge in [-0.15, -0.1) is 5.10 Å². The van der Waals surface area contributed by atoms with Gasteiger partial charge in [0.2, 0.25) is 5.88 Å². The van der Waals surface area contributed by atoms with Crippen molar-refractivity contribution in [3.05, 3.63) is 72.4 Å². The van der Waals surface area contributed by atoms with Gasteiger partial charge >= 0.3 is 0 Å². The van der Waals surface area contributed by atoms with E-state index in [1.54, 1.807) is 71.4 Å². The minimum atomic E-state index is -3.26. The Hall–Kier alpha value is -3.70. The lowest BCUT2D eigenvalue weighted by molar-refractivity contribution is 0.453. The summed E-state index contributed by atoms with van der Waals surface area (Å²) in [6.07, 6.45) is 2.84. The number of sulfone groups is 1. The van der Waals surface area contributed by atoms with Crippen LogP contribution in [0.15, 0.2) is 71.8 Å². The van der Waals surface area contributed by atoms with E-state index >= 15 is 0 Å². The van der Waals surface area contributed by atoms with E-state index in [1.165, 1.54) is 6.26 Å². The number of hydrogen-bond donors (Lipinski definition) is 0. The lowest BCUT2D eigenvalue weighted by atomic mass is 10.2. The molecule has 7 nitrogen and oxygen atoms in total. The molecule has 0 fully saturated rings. The van der Waals surface area contributed by atoms with Crippen molar-refractivity contribution < 1.29 is 13.2 Å². The van der Waals surface area contributed by atoms with E-state index in [0.29, 0.717) is 28.5 Å². The molecule has 2 heterocycles. The minimum Gasteiger partial charge on any atom is -0.438 e. The molecule has 0 aliphatic carbocycles. The van der Waals surface area contributed by atoms with E-state index in [-0.39, 0.29) is 4.90 Å². The average molecular weight is 390 g/mol. The lowest BCUT2D eigenvalue weighted by Crippen LogP contribution is -1.99. The second-order valence-corrected chi connectivity index (χ2v) is 8.14. The summed E-state index contributed by atoms with van der Waals surface area (Å²) in [4.78, 5) is 4.58. The smallest absolute Gasteiger partial charge is 0.237 e. The Kier molecular flexibility index (Phi) is 4.29. The van der Waals surface area contributed by atoms with Gasteiger partial charge in [-0.05, 0) is 42.5 Å². The summed E-state index contributed by atoms with van der Waals surface area (Å²) < 4.78 is 30.7. The van der Waals surface area contributed by atoms with E-state index < -0.39 is 9.84 Å². The zero-order valence-electron chi connectivity index (χ0n) is 14.8. The molecule has 4 aromatic rings. The first kappa shape index (κ1) is 17.7. The van der Waals surface area contributed by atoms with Crippen LogP contribution in [-0.4, -0.2) is 29.3 Å². The second-order valence-electron chi connectivity index (χ2n) is 6.12. The van der Waals surface area contributed by atoms with Gasteiger partial charge in [0.15, 0.2) is 15.5 Å². The molecule has 0 N–H and O–H groups in total. The van der Waals surface area contributed by atoms with Gasteiger partial charge in [0, 0.05) is 17.9 Å². The summed E-state index contributed by atoms with van der Waals surface area (Å²) in [5, 5.41) is 13.3. The highest BCUT2D eigenvalue weighted by molar-refractivity contribution is 7.90. The van der Waals surface area contributed by atoms with Crippen molar-refractivity contribution in [2.24, 2.45) is 0 Å². The van der Waals surface area contributed by atoms with Crippen LogP contribution in [-0.2, 0) is 9.84 Å². The van der Waals surface area contributed by atoms with Gasteiger partial charge in [-0.2, -0.15) is 5.26 Å². The fourth-order valence-corrected chi connectivity index (χ4v) is 3.33. The van der Waals surface area contributed by atoms with Crippen molar-refractivity contribution in [3.63, 3.8) is 0 Å². The first-order valence-electron chi connectivity index (χ1n) is 8.27. The number of ether oxygens (including phenoxy) is 1. The molecule has 2 aromatic carbocycles. The molecule has 0 unspecified atom stereocenters. The summed E-state index contributed by atoms with van der Waals surface area (Å²) in [6, 6.07) is 18.8. The summed E-state index contributed by atoms with van der Waals surface area (Å²) in [5.74, 6) is 0.925. The molecule has 0 amide bonds. The number of nitrogens with zero attached hydrogens (tertiary/aromatic N) is 4. The first-order chi connectivity index (χ1) is 13.4. The van der Waals surface area contributed by atoms with Crippen LogP contribution in [0.25, 0.3) is 16.9 Å². The van der Waals surface area contributed by atoms with Crippen molar-refractivity contribution in [3.8, 4) is 29.0 Å². The molecular formula is C20H14N4O3S. The van der Waals surface area contributed by atoms with E-state index in [9.17, 15) is 8.42 Å². The van der Waals surface area contributed by atoms with Crippen LogP contribution in [0.3, 0.4) is 0 Å². The molecular weight excluding hydrogens is 376 g/mol. The number of hydrogen-bond acceptors (Lipinski definition) is 6. The Morgan fingerprint density at radius 3 is 2.36 bits per heavy atom. The molecule has 2 aromatic heterocycles. The average Bonchev–Trinajstić information content (AvgIpc) is 3.11. The molecule has 0 aliphatic heterocycles. The molecule has 0 saturated heterocycles. The van der Waals surface area contributed by atoms with E-state index in [2.05, 4.69) is 16.2 Å². The quantitative estimate of drug-likeness (QED) is 0.529. The van der Waals surface area contributed by atoms with Gasteiger partial charge < -0.3 is 4.74 Å². The Morgan fingerprint density at radius 2 is 1.71 bits per heavy atom. The third-order valence-electron chi connectivity index (χ3n) is 4.12. The molecule has 28 heavy (non-hydrogen) atoms. The van der Waals surface area contributed by atoms with Gasteiger partial charge in [0.25, 0.3) is 0 Å². The molecule has 8 heteroatoms. The minimum absolute atomic E-state index is 0.253. The molecule has 0 atom stereocenters. The standard InChI is InChI=1S/C20H14N4O3S/c1-28(25,26)17-8-4-15(5-9-17)18-13-22-19-10-11-20(23-24(18)19)27-16-6-2-14(12-21)3-7-16/h2-11,13H,1H3. The maximum absolute atomic E-state index is 11.6. The number of imidazole rings is 1. The van der Waals surface area contributed by atoms with Gasteiger partial charge in [0.1, 0.15) is 5.75 Å². The molecule has 0 bridgehead atoms. The highest BCUT2D eigenvalue weighted by atomic mass is 32.2. The summed E-state index contributed by atoms with van der Waals surface area (Å²) in [6.45, 7) is 0. The van der Waals surface area contributed by atoms with Crippen LogP contribution in [0.4, 0.5) is 0 Å². The van der Waals surface area contributed by atoms with Crippen LogP contribution < -0.4 is 4.74 Å². The van der Waals surface area contributed by atoms with Gasteiger partial charge in [-0.1, -0.05) is 12.1 Å². The van der Waals surface area contributed by atoms with Crippen LogP contribution in [0.1, 0.15) is 5.56 Å². The molecule has 0 spiro atoms. The van der Waals surface area contributed by atoms with Crippen molar-refractivity contribution in [2.75, 3.05) is 6.26 Å². The van der Waals surface area contributed by atoms with Crippen LogP contribution in [0.5, 0.6) is 11.6 Å². The van der Waals surface area contributed by atoms with Gasteiger partial charge in [-0.3, -0.25) is 0 Å². The van der Waals surface area contributed by atoms with Gasteiger partial charge in [0.05, 0.1) is 28.4 Å². The maximum Gasteiger partial charge on any atom is 0.237 e. The molecule has 138 valence electrons. The lowest BCUT2D eigenvalue weighted by Gasteiger charge is -2.07. The molecule has 0 saturated carbocycles. The fourth-order valence-electron chi connectivity index (χ4n) is 2.70. The van der Waals surface area contributed by atoms with Crippen molar-refractivity contribution >= 4 is 15.5 Å². The number of aromatic nitrogens is 3. The zero-order valence-corrected chi connectivity index (χ0v) is 15.6. The highest BCUT2D eigenvalue weighted by Crippen LogP contribution is 2.25. The number of fused-ring (bicyclic) bond motifs is 1. The molecule has 0 aliphatic rings. The first-order valence-corrected chi connectivity index (χ1v) is 10.2. The maximum atomic E-state index is 11.6. The highest BCUT2D eigenvalue weighted by Gasteiger charge is 2.11. The zero-order chi connectivity index (χ0) is 19.7. The summed E-state index contributed by atoms with van der Waals surface area (Å²) in [7, 11) is -3.26. The Morgan fingerprint density at radius 1 is 1.00 bits per heavy atom. The molecule has 4 rings (SSSR count). The predicted molar refractivity (Wildman–Crippen MR) is 103 cm³/mol. The van der Waals surface area contributed by atoms with Crippen molar-refractivity contribution in [2.45, 2.75) is 4.90 Å². The summed E-state index contributed by atoms with van der Waals surface area (Å²) in [5.41, 5.74) is 2.67. The summed E-state index contributed by atoms with van der Waals surface area (Å²) >= 11 is 0. The second kappa shape index (κ2) is 6.79. The monoisotopic (exact) mass is 390 g/mol. The normalized spacial score (nSPS) is 11.3. The largest absolute Gasteiger partial charge is 0.438 e. The Balaban J connectivity index is 1.69. The number of nitriles is 1. The van der Waals surface area contributed by atoms with E-state index in [4.69, 9.17) is 10.00 Å². The van der Waals surface area contributed by atoms with Crippen molar-refractivity contribution in [1.82, 2.24) is 14.6 Å². The van der Waals surface area contributed by atoms with Crippen LogP contribution in [0, 0.1) is 11.3 Å². The number of benzene rings is 2. The van der Waals surface area contributed by atoms with E-state index in [0.717, 1.165) is 5.56 Å². The predicted octanol–water partition coefficient (Wildman–Crippen LogP) is 3.46. The van der Waals surface area contributed by atoms with Gasteiger partial charge in [-0.25, -0.2) is 17.9 Å². The topological polar surface area (TPSA) is 97.4 Å². The van der Waals surface area contributed by atoms with E-state index in [1.807, 2.05) is 0 Å². The Labute approximate surface area is 161 Å². The SMILES string of the molecule is CS(=O)(=O)c1ccc(-c2cnc3ccc(Oc4ccc(C#N)cc4)nn23)cc1. The van der Waals surface area contributed by atoms with Crippen molar-refractivity contribution in [1.29, 1.82) is 5.26 Å².